The van der Waals surface area contributed by atoms with Crippen LogP contribution in [0.3, 0.4) is 0 Å². The van der Waals surface area contributed by atoms with Crippen LogP contribution in [-0.2, 0) is 14.6 Å². The van der Waals surface area contributed by atoms with Gasteiger partial charge in [-0.2, -0.15) is 0 Å². The molecule has 4 nitrogen and oxygen atoms in total. The van der Waals surface area contributed by atoms with Crippen molar-refractivity contribution in [3.8, 4) is 0 Å². The van der Waals surface area contributed by atoms with E-state index in [1.807, 2.05) is 0 Å². The van der Waals surface area contributed by atoms with Gasteiger partial charge in [-0.3, -0.25) is 4.79 Å². The summed E-state index contributed by atoms with van der Waals surface area (Å²) in [4.78, 5) is 10.0. The first kappa shape index (κ1) is 11.2. The summed E-state index contributed by atoms with van der Waals surface area (Å²) in [6.45, 7) is 3.29. The Kier molecular flexibility index (Phi) is 4.58. The second-order valence-corrected chi connectivity index (χ2v) is 4.63. The zero-order valence-corrected chi connectivity index (χ0v) is 7.51. The zero-order valence-electron chi connectivity index (χ0n) is 6.69. The van der Waals surface area contributed by atoms with Crippen LogP contribution in [0.25, 0.3) is 0 Å². The molecule has 0 bridgehead atoms. The Balaban J connectivity index is 3.77. The highest BCUT2D eigenvalue weighted by atomic mass is 32.2. The predicted molar refractivity (Wildman–Crippen MR) is 45.7 cm³/mol. The van der Waals surface area contributed by atoms with E-state index in [9.17, 15) is 13.2 Å². The highest BCUT2D eigenvalue weighted by Gasteiger charge is 2.08. The van der Waals surface area contributed by atoms with Crippen LogP contribution in [0.15, 0.2) is 12.7 Å². The fraction of sp³-hybridized carbons (Fsp3) is 0.571. The monoisotopic (exact) mass is 192 g/mol. The van der Waals surface area contributed by atoms with Crippen molar-refractivity contribution in [3.05, 3.63) is 12.7 Å². The molecule has 0 spiro atoms. The van der Waals surface area contributed by atoms with E-state index in [1.165, 1.54) is 6.08 Å². The number of aliphatic carboxylic acids is 1. The van der Waals surface area contributed by atoms with Gasteiger partial charge in [-0.05, 0) is 6.42 Å². The van der Waals surface area contributed by atoms with Gasteiger partial charge in [-0.1, -0.05) is 6.08 Å². The van der Waals surface area contributed by atoms with Gasteiger partial charge in [0.15, 0.2) is 9.84 Å². The molecule has 0 aromatic rings. The van der Waals surface area contributed by atoms with Gasteiger partial charge in [-0.15, -0.1) is 6.58 Å². The lowest BCUT2D eigenvalue weighted by Gasteiger charge is -1.98. The van der Waals surface area contributed by atoms with Gasteiger partial charge in [-0.25, -0.2) is 8.42 Å². The SMILES string of the molecule is C=CCS(=O)(=O)CCCC(=O)O. The third-order valence-electron chi connectivity index (χ3n) is 1.22. The van der Waals surface area contributed by atoms with Crippen molar-refractivity contribution < 1.29 is 18.3 Å². The molecule has 0 radical (unpaired) electrons. The van der Waals surface area contributed by atoms with Crippen molar-refractivity contribution in [2.24, 2.45) is 0 Å². The van der Waals surface area contributed by atoms with Crippen LogP contribution in [0.5, 0.6) is 0 Å². The molecule has 0 amide bonds. The largest absolute Gasteiger partial charge is 0.481 e. The third-order valence-corrected chi connectivity index (χ3v) is 2.87. The molecule has 0 saturated carbocycles. The van der Waals surface area contributed by atoms with Gasteiger partial charge in [0.2, 0.25) is 0 Å². The van der Waals surface area contributed by atoms with E-state index in [2.05, 4.69) is 6.58 Å². The summed E-state index contributed by atoms with van der Waals surface area (Å²) in [5.41, 5.74) is 0. The van der Waals surface area contributed by atoms with Crippen molar-refractivity contribution in [1.29, 1.82) is 0 Å². The number of rotatable bonds is 6. The number of hydrogen-bond acceptors (Lipinski definition) is 3. The van der Waals surface area contributed by atoms with E-state index in [0.29, 0.717) is 0 Å². The summed E-state index contributed by atoms with van der Waals surface area (Å²) in [5, 5.41) is 8.23. The van der Waals surface area contributed by atoms with E-state index in [4.69, 9.17) is 5.11 Å². The number of carboxylic acid groups (broad SMARTS) is 1. The summed E-state index contributed by atoms with van der Waals surface area (Å²) in [6.07, 6.45) is 1.37. The molecule has 0 saturated heterocycles. The molecule has 1 N–H and O–H groups in total. The number of carboxylic acids is 1. The van der Waals surface area contributed by atoms with Gasteiger partial charge < -0.3 is 5.11 Å². The molecule has 0 aliphatic rings. The Morgan fingerprint density at radius 3 is 2.50 bits per heavy atom. The summed E-state index contributed by atoms with van der Waals surface area (Å²) in [5.74, 6) is -1.12. The van der Waals surface area contributed by atoms with E-state index >= 15 is 0 Å². The Hall–Kier alpha value is -0.840. The first-order chi connectivity index (χ1) is 5.48. The molecule has 12 heavy (non-hydrogen) atoms. The first-order valence-corrected chi connectivity index (χ1v) is 5.33. The lowest BCUT2D eigenvalue weighted by Crippen LogP contribution is -2.10. The lowest BCUT2D eigenvalue weighted by atomic mass is 10.3. The maximum atomic E-state index is 10.9. The number of sulfone groups is 1. The standard InChI is InChI=1S/C7H12O4S/c1-2-5-12(10,11)6-3-4-7(8)9/h2H,1,3-6H2,(H,8,9). The Labute approximate surface area is 71.8 Å². The Morgan fingerprint density at radius 2 is 2.08 bits per heavy atom. The maximum Gasteiger partial charge on any atom is 0.303 e. The summed E-state index contributed by atoms with van der Waals surface area (Å²) < 4.78 is 21.9. The molecule has 0 aromatic heterocycles. The Morgan fingerprint density at radius 1 is 1.50 bits per heavy atom. The van der Waals surface area contributed by atoms with Crippen molar-refractivity contribution >= 4 is 15.8 Å². The molecule has 0 aromatic carbocycles. The summed E-state index contributed by atoms with van der Waals surface area (Å²) >= 11 is 0. The van der Waals surface area contributed by atoms with Crippen LogP contribution in [-0.4, -0.2) is 31.0 Å². The second-order valence-electron chi connectivity index (χ2n) is 2.40. The molecule has 0 rings (SSSR count). The van der Waals surface area contributed by atoms with Crippen LogP contribution in [0, 0.1) is 0 Å². The lowest BCUT2D eigenvalue weighted by molar-refractivity contribution is -0.137. The third kappa shape index (κ3) is 5.91. The molecule has 5 heteroatoms. The van der Waals surface area contributed by atoms with Gasteiger partial charge in [0.1, 0.15) is 0 Å². The average Bonchev–Trinajstić information content (AvgIpc) is 1.85. The van der Waals surface area contributed by atoms with Crippen LogP contribution < -0.4 is 0 Å². The van der Waals surface area contributed by atoms with Crippen molar-refractivity contribution in [2.75, 3.05) is 11.5 Å². The van der Waals surface area contributed by atoms with Crippen LogP contribution in [0.1, 0.15) is 12.8 Å². The van der Waals surface area contributed by atoms with Gasteiger partial charge in [0.25, 0.3) is 0 Å². The fourth-order valence-corrected chi connectivity index (χ4v) is 1.82. The van der Waals surface area contributed by atoms with E-state index < -0.39 is 15.8 Å². The summed E-state index contributed by atoms with van der Waals surface area (Å²) in [6, 6.07) is 0. The number of carbonyl (C=O) groups is 1. The highest BCUT2D eigenvalue weighted by Crippen LogP contribution is 1.97. The molecular weight excluding hydrogens is 180 g/mol. The molecule has 0 aliphatic heterocycles. The molecule has 0 heterocycles. The number of hydrogen-bond donors (Lipinski definition) is 1. The van der Waals surface area contributed by atoms with Crippen LogP contribution in [0.4, 0.5) is 0 Å². The molecule has 70 valence electrons. The fourth-order valence-electron chi connectivity index (χ4n) is 0.706. The minimum absolute atomic E-state index is 0.0768. The van der Waals surface area contributed by atoms with E-state index in [-0.39, 0.29) is 24.3 Å². The predicted octanol–water partition coefficient (Wildman–Crippen LogP) is 0.452. The Bertz CT molecular complexity index is 253. The van der Waals surface area contributed by atoms with Gasteiger partial charge in [0, 0.05) is 6.42 Å². The topological polar surface area (TPSA) is 71.4 Å². The quantitative estimate of drug-likeness (QED) is 0.620. The molecular formula is C7H12O4S. The normalized spacial score (nSPS) is 11.0. The molecule has 0 fully saturated rings. The van der Waals surface area contributed by atoms with Gasteiger partial charge in [0.05, 0.1) is 11.5 Å². The maximum absolute atomic E-state index is 10.9. The molecule has 0 unspecified atom stereocenters. The van der Waals surface area contributed by atoms with E-state index in [1.54, 1.807) is 0 Å². The molecule has 0 atom stereocenters. The summed E-state index contributed by atoms with van der Waals surface area (Å²) in [7, 11) is -3.11. The van der Waals surface area contributed by atoms with Crippen molar-refractivity contribution in [2.45, 2.75) is 12.8 Å². The van der Waals surface area contributed by atoms with Crippen molar-refractivity contribution in [1.82, 2.24) is 0 Å². The van der Waals surface area contributed by atoms with Gasteiger partial charge >= 0.3 is 5.97 Å². The minimum Gasteiger partial charge on any atom is -0.481 e. The van der Waals surface area contributed by atoms with Crippen molar-refractivity contribution in [3.63, 3.8) is 0 Å². The van der Waals surface area contributed by atoms with Crippen LogP contribution >= 0.6 is 0 Å². The highest BCUT2D eigenvalue weighted by molar-refractivity contribution is 7.91. The second kappa shape index (κ2) is 4.92. The molecule has 0 aliphatic carbocycles. The smallest absolute Gasteiger partial charge is 0.303 e. The zero-order chi connectivity index (χ0) is 9.61. The average molecular weight is 192 g/mol. The van der Waals surface area contributed by atoms with Crippen LogP contribution in [0.2, 0.25) is 0 Å². The first-order valence-electron chi connectivity index (χ1n) is 3.51. The minimum atomic E-state index is -3.11. The van der Waals surface area contributed by atoms with E-state index in [0.717, 1.165) is 0 Å².